The van der Waals surface area contributed by atoms with E-state index < -0.39 is 5.41 Å². The maximum Gasteiger partial charge on any atom is 0.0726 e. The zero-order valence-electron chi connectivity index (χ0n) is 33.4. The highest BCUT2D eigenvalue weighted by Gasteiger charge is 2.52. The minimum absolute atomic E-state index is 0.133. The van der Waals surface area contributed by atoms with Crippen LogP contribution >= 0.6 is 11.3 Å². The van der Waals surface area contributed by atoms with Crippen molar-refractivity contribution in [3.05, 3.63) is 234 Å². The highest BCUT2D eigenvalue weighted by Crippen LogP contribution is 2.65. The summed E-state index contributed by atoms with van der Waals surface area (Å²) in [7, 11) is 0. The lowest BCUT2D eigenvalue weighted by atomic mass is 9.70. The highest BCUT2D eigenvalue weighted by atomic mass is 32.1. The van der Waals surface area contributed by atoms with Crippen molar-refractivity contribution >= 4 is 48.6 Å². The molecule has 10 aromatic rings. The Kier molecular flexibility index (Phi) is 6.94. The molecule has 0 saturated carbocycles. The minimum Gasteiger partial charge on any atom is -0.310 e. The molecule has 0 saturated heterocycles. The summed E-state index contributed by atoms with van der Waals surface area (Å²) >= 11 is 1.88. The van der Waals surface area contributed by atoms with Crippen LogP contribution in [0.15, 0.2) is 200 Å². The molecule has 0 unspecified atom stereocenters. The Hall–Kier alpha value is -7.00. The number of benzene rings is 9. The molecule has 0 radical (unpaired) electrons. The van der Waals surface area contributed by atoms with E-state index in [9.17, 15) is 0 Å². The van der Waals surface area contributed by atoms with Crippen molar-refractivity contribution in [2.75, 3.05) is 4.90 Å². The molecule has 0 bridgehead atoms. The number of anilines is 3. The van der Waals surface area contributed by atoms with Gasteiger partial charge in [-0.2, -0.15) is 0 Å². The predicted octanol–water partition coefficient (Wildman–Crippen LogP) is 15.8. The van der Waals surface area contributed by atoms with Crippen LogP contribution in [0, 0.1) is 0 Å². The Bertz CT molecular complexity index is 3370. The SMILES string of the molecule is CC1(C)c2ccccc2-c2ccc(N(c3ccc(-c4cccc5sc6ccccc6c45)cc3)c3cccc4c3-c3ccccc3C43c4ccccc4-c4ccccc43)cc21. The lowest BCUT2D eigenvalue weighted by Gasteiger charge is -2.32. The molecular formula is C58H39NS. The van der Waals surface area contributed by atoms with E-state index in [0.29, 0.717) is 0 Å². The average molecular weight is 782 g/mol. The summed E-state index contributed by atoms with van der Waals surface area (Å²) in [5.41, 5.74) is 21.5. The van der Waals surface area contributed by atoms with Crippen LogP contribution in [0.5, 0.6) is 0 Å². The Morgan fingerprint density at radius 3 is 1.63 bits per heavy atom. The van der Waals surface area contributed by atoms with Crippen molar-refractivity contribution in [2.24, 2.45) is 0 Å². The van der Waals surface area contributed by atoms with Crippen LogP contribution < -0.4 is 4.90 Å². The molecule has 2 heteroatoms. The maximum atomic E-state index is 2.53. The van der Waals surface area contributed by atoms with Gasteiger partial charge in [0.25, 0.3) is 0 Å². The molecule has 0 atom stereocenters. The summed E-state index contributed by atoms with van der Waals surface area (Å²) in [6.45, 7) is 4.76. The quantitative estimate of drug-likeness (QED) is 0.172. The molecule has 1 heterocycles. The van der Waals surface area contributed by atoms with Gasteiger partial charge in [0.05, 0.1) is 11.1 Å². The summed E-state index contributed by atoms with van der Waals surface area (Å²) in [6, 6.07) is 75.4. The van der Waals surface area contributed by atoms with Gasteiger partial charge in [-0.25, -0.2) is 0 Å². The normalized spacial score (nSPS) is 14.4. The van der Waals surface area contributed by atoms with Crippen molar-refractivity contribution in [1.29, 1.82) is 0 Å². The van der Waals surface area contributed by atoms with Gasteiger partial charge in [-0.15, -0.1) is 11.3 Å². The average Bonchev–Trinajstić information content (AvgIpc) is 3.99. The molecule has 1 nitrogen and oxygen atoms in total. The molecule has 13 rings (SSSR count). The second-order valence-electron chi connectivity index (χ2n) is 17.1. The molecule has 9 aromatic carbocycles. The van der Waals surface area contributed by atoms with E-state index >= 15 is 0 Å². The number of hydrogen-bond donors (Lipinski definition) is 0. The number of nitrogens with zero attached hydrogens (tertiary/aromatic N) is 1. The van der Waals surface area contributed by atoms with Crippen LogP contribution in [-0.2, 0) is 10.8 Å². The Morgan fingerprint density at radius 2 is 0.900 bits per heavy atom. The molecule has 0 amide bonds. The van der Waals surface area contributed by atoms with Crippen LogP contribution in [0.1, 0.15) is 47.2 Å². The molecule has 0 fully saturated rings. The molecule has 3 aliphatic carbocycles. The Labute approximate surface area is 354 Å². The van der Waals surface area contributed by atoms with Crippen LogP contribution in [0.4, 0.5) is 17.1 Å². The fourth-order valence-electron chi connectivity index (χ4n) is 11.4. The molecule has 282 valence electrons. The molecule has 60 heavy (non-hydrogen) atoms. The zero-order chi connectivity index (χ0) is 39.7. The topological polar surface area (TPSA) is 3.24 Å². The number of fused-ring (bicyclic) bond motifs is 16. The second-order valence-corrected chi connectivity index (χ2v) is 18.2. The first kappa shape index (κ1) is 33.9. The number of thiophene rings is 1. The van der Waals surface area contributed by atoms with Crippen molar-refractivity contribution < 1.29 is 0 Å². The summed E-state index contributed by atoms with van der Waals surface area (Å²) in [4.78, 5) is 2.53. The van der Waals surface area contributed by atoms with E-state index in [1.54, 1.807) is 0 Å². The number of rotatable bonds is 4. The second kappa shape index (κ2) is 12.3. The first-order valence-corrected chi connectivity index (χ1v) is 21.8. The summed E-state index contributed by atoms with van der Waals surface area (Å²) in [5.74, 6) is 0. The molecule has 3 aliphatic rings. The van der Waals surface area contributed by atoms with Crippen molar-refractivity contribution in [3.8, 4) is 44.5 Å². The summed E-state index contributed by atoms with van der Waals surface area (Å²) in [6.07, 6.45) is 0. The van der Waals surface area contributed by atoms with E-state index in [1.807, 2.05) is 11.3 Å². The molecule has 1 spiro atoms. The van der Waals surface area contributed by atoms with Gasteiger partial charge in [0.15, 0.2) is 0 Å². The van der Waals surface area contributed by atoms with Gasteiger partial charge in [-0.3, -0.25) is 0 Å². The predicted molar refractivity (Wildman–Crippen MR) is 253 cm³/mol. The summed E-state index contributed by atoms with van der Waals surface area (Å²) in [5, 5.41) is 2.66. The summed E-state index contributed by atoms with van der Waals surface area (Å²) < 4.78 is 2.65. The van der Waals surface area contributed by atoms with Gasteiger partial charge < -0.3 is 4.90 Å². The first-order valence-electron chi connectivity index (χ1n) is 21.0. The highest BCUT2D eigenvalue weighted by molar-refractivity contribution is 7.25. The third-order valence-corrected chi connectivity index (χ3v) is 15.0. The standard InChI is InChI=1S/C58H39NS/c1-57(2)46-21-8-3-15-40(46)43-34-33-38(35-51(43)57)59(37-31-29-36(30-32-37)39-20-13-28-54-55(39)45-19-7-12-27-53(45)60-54)52-26-14-25-50-56(52)44-18-6-11-24-49(44)58(50)47-22-9-4-16-41(47)42-17-5-10-23-48(42)58/h3-35H,1-2H3. The molecule has 0 N–H and O–H groups in total. The van der Waals surface area contributed by atoms with Gasteiger partial charge >= 0.3 is 0 Å². The van der Waals surface area contributed by atoms with E-state index in [1.165, 1.54) is 104 Å². The van der Waals surface area contributed by atoms with Crippen molar-refractivity contribution in [2.45, 2.75) is 24.7 Å². The third kappa shape index (κ3) is 4.36. The lowest BCUT2D eigenvalue weighted by molar-refractivity contribution is 0.660. The zero-order valence-corrected chi connectivity index (χ0v) is 34.2. The van der Waals surface area contributed by atoms with Gasteiger partial charge in [0, 0.05) is 42.5 Å². The van der Waals surface area contributed by atoms with Crippen LogP contribution in [0.2, 0.25) is 0 Å². The van der Waals surface area contributed by atoms with Crippen molar-refractivity contribution in [3.63, 3.8) is 0 Å². The van der Waals surface area contributed by atoms with Gasteiger partial charge in [-0.05, 0) is 115 Å². The Balaban J connectivity index is 1.06. The monoisotopic (exact) mass is 781 g/mol. The van der Waals surface area contributed by atoms with E-state index in [2.05, 4.69) is 219 Å². The lowest BCUT2D eigenvalue weighted by Crippen LogP contribution is -2.26. The molecule has 0 aliphatic heterocycles. The minimum atomic E-state index is -0.422. The van der Waals surface area contributed by atoms with Gasteiger partial charge in [-0.1, -0.05) is 172 Å². The smallest absolute Gasteiger partial charge is 0.0726 e. The van der Waals surface area contributed by atoms with Crippen molar-refractivity contribution in [1.82, 2.24) is 0 Å². The van der Waals surface area contributed by atoms with Crippen LogP contribution in [-0.4, -0.2) is 0 Å². The fraction of sp³-hybridized carbons (Fsp3) is 0.0690. The molecule has 1 aromatic heterocycles. The van der Waals surface area contributed by atoms with Gasteiger partial charge in [0.1, 0.15) is 0 Å². The molecular weight excluding hydrogens is 743 g/mol. The van der Waals surface area contributed by atoms with E-state index in [4.69, 9.17) is 0 Å². The third-order valence-electron chi connectivity index (χ3n) is 13.9. The largest absolute Gasteiger partial charge is 0.310 e. The van der Waals surface area contributed by atoms with Crippen LogP contribution in [0.3, 0.4) is 0 Å². The van der Waals surface area contributed by atoms with Crippen LogP contribution in [0.25, 0.3) is 64.7 Å². The van der Waals surface area contributed by atoms with E-state index in [0.717, 1.165) is 11.4 Å². The van der Waals surface area contributed by atoms with Gasteiger partial charge in [0.2, 0.25) is 0 Å². The first-order chi connectivity index (χ1) is 29.5. The Morgan fingerprint density at radius 1 is 0.383 bits per heavy atom. The maximum absolute atomic E-state index is 2.53. The van der Waals surface area contributed by atoms with E-state index in [-0.39, 0.29) is 5.41 Å². The number of hydrogen-bond acceptors (Lipinski definition) is 2. The fourth-order valence-corrected chi connectivity index (χ4v) is 12.5.